The van der Waals surface area contributed by atoms with Gasteiger partial charge in [0.05, 0.1) is 12.6 Å². The number of hydrogen-bond acceptors (Lipinski definition) is 6. The Kier molecular flexibility index (Phi) is 12.9. The monoisotopic (exact) mass is 702 g/mol. The van der Waals surface area contributed by atoms with E-state index in [0.29, 0.717) is 0 Å². The largest absolute Gasteiger partial charge is 0.480 e. The Morgan fingerprint density at radius 3 is 1.67 bits per heavy atom. The number of carboxylic acids is 1. The molecule has 12 nitrogen and oxygen atoms in total. The number of H-pyrrole nitrogens is 1. The van der Waals surface area contributed by atoms with E-state index in [1.54, 1.807) is 60.8 Å². The Balaban J connectivity index is 1.27. The number of nitrogens with one attached hydrogen (secondary N) is 5. The standard InChI is InChI=1S/C40H42N6O6/c41-31(20-26-12-4-1-5-13-26)37(48)45-34(23-29-24-42-32-19-11-10-18-30(29)32)38(49)43-25-36(47)44-33(21-27-14-6-2-7-15-27)39(50)46-35(40(51)52)22-28-16-8-3-9-17-28/h1-19,24,31,33-35,42H,20-23,25,41H2,(H,43,49)(H,44,47)(H,45,48)(H,46,50)(H,51,52). The van der Waals surface area contributed by atoms with Gasteiger partial charge in [-0.1, -0.05) is 109 Å². The number of aliphatic carboxylic acids is 1. The summed E-state index contributed by atoms with van der Waals surface area (Å²) in [5.41, 5.74) is 10.2. The number of carboxylic acid groups (broad SMARTS) is 1. The van der Waals surface area contributed by atoms with Crippen molar-refractivity contribution >= 4 is 40.5 Å². The van der Waals surface area contributed by atoms with Crippen LogP contribution in [0.2, 0.25) is 0 Å². The van der Waals surface area contributed by atoms with E-state index in [-0.39, 0.29) is 25.7 Å². The fourth-order valence-corrected chi connectivity index (χ4v) is 5.89. The number of rotatable bonds is 17. The fraction of sp³-hybridized carbons (Fsp3) is 0.225. The van der Waals surface area contributed by atoms with Crippen molar-refractivity contribution in [1.29, 1.82) is 0 Å². The normalized spacial score (nSPS) is 13.2. The lowest BCUT2D eigenvalue weighted by atomic mass is 10.0. The van der Waals surface area contributed by atoms with Crippen LogP contribution in [0.15, 0.2) is 121 Å². The molecule has 1 heterocycles. The molecule has 0 aliphatic carbocycles. The molecule has 0 aliphatic heterocycles. The number of amides is 4. The van der Waals surface area contributed by atoms with Crippen LogP contribution < -0.4 is 27.0 Å². The summed E-state index contributed by atoms with van der Waals surface area (Å²) in [6.07, 6.45) is 2.25. The van der Waals surface area contributed by atoms with Gasteiger partial charge in [-0.3, -0.25) is 19.2 Å². The van der Waals surface area contributed by atoms with Gasteiger partial charge in [0.25, 0.3) is 0 Å². The highest BCUT2D eigenvalue weighted by atomic mass is 16.4. The van der Waals surface area contributed by atoms with E-state index in [2.05, 4.69) is 26.3 Å². The van der Waals surface area contributed by atoms with Gasteiger partial charge in [-0.2, -0.15) is 0 Å². The molecule has 52 heavy (non-hydrogen) atoms. The second-order valence-electron chi connectivity index (χ2n) is 12.5. The van der Waals surface area contributed by atoms with Crippen molar-refractivity contribution in [3.63, 3.8) is 0 Å². The summed E-state index contributed by atoms with van der Waals surface area (Å²) < 4.78 is 0. The van der Waals surface area contributed by atoms with Crippen LogP contribution in [0.5, 0.6) is 0 Å². The Morgan fingerprint density at radius 1 is 0.577 bits per heavy atom. The number of para-hydroxylation sites is 1. The summed E-state index contributed by atoms with van der Waals surface area (Å²) in [5.74, 6) is -3.75. The lowest BCUT2D eigenvalue weighted by Crippen LogP contribution is -2.56. The molecule has 4 aromatic carbocycles. The van der Waals surface area contributed by atoms with Gasteiger partial charge in [-0.15, -0.1) is 0 Å². The molecule has 4 atom stereocenters. The molecule has 8 N–H and O–H groups in total. The zero-order valence-electron chi connectivity index (χ0n) is 28.5. The van der Waals surface area contributed by atoms with Crippen LogP contribution in [0, 0.1) is 0 Å². The molecule has 5 aromatic rings. The predicted octanol–water partition coefficient (Wildman–Crippen LogP) is 2.42. The topological polar surface area (TPSA) is 196 Å². The summed E-state index contributed by atoms with van der Waals surface area (Å²) in [6.45, 7) is -0.514. The van der Waals surface area contributed by atoms with Gasteiger partial charge < -0.3 is 37.1 Å². The van der Waals surface area contributed by atoms with Crippen molar-refractivity contribution in [3.8, 4) is 0 Å². The van der Waals surface area contributed by atoms with Crippen molar-refractivity contribution in [1.82, 2.24) is 26.3 Å². The quantitative estimate of drug-likeness (QED) is 0.0773. The van der Waals surface area contributed by atoms with Crippen molar-refractivity contribution < 1.29 is 29.1 Å². The number of carbonyl (C=O) groups excluding carboxylic acids is 4. The predicted molar refractivity (Wildman–Crippen MR) is 197 cm³/mol. The Bertz CT molecular complexity index is 1970. The van der Waals surface area contributed by atoms with Crippen molar-refractivity contribution in [3.05, 3.63) is 144 Å². The Labute approximate surface area is 301 Å². The second kappa shape index (κ2) is 18.1. The Morgan fingerprint density at radius 2 is 1.08 bits per heavy atom. The lowest BCUT2D eigenvalue weighted by molar-refractivity contribution is -0.142. The summed E-state index contributed by atoms with van der Waals surface area (Å²) in [7, 11) is 0. The molecular formula is C40H42N6O6. The highest BCUT2D eigenvalue weighted by Gasteiger charge is 2.29. The maximum Gasteiger partial charge on any atom is 0.326 e. The van der Waals surface area contributed by atoms with Gasteiger partial charge in [0.2, 0.25) is 23.6 Å². The van der Waals surface area contributed by atoms with Crippen LogP contribution >= 0.6 is 0 Å². The molecule has 0 radical (unpaired) electrons. The molecule has 268 valence electrons. The first-order chi connectivity index (χ1) is 25.2. The molecule has 0 fully saturated rings. The highest BCUT2D eigenvalue weighted by Crippen LogP contribution is 2.19. The summed E-state index contributed by atoms with van der Waals surface area (Å²) in [5, 5.41) is 21.3. The molecule has 4 unspecified atom stereocenters. The third kappa shape index (κ3) is 10.6. The first-order valence-electron chi connectivity index (χ1n) is 17.0. The molecule has 0 saturated heterocycles. The van der Waals surface area contributed by atoms with E-state index in [0.717, 1.165) is 33.2 Å². The lowest BCUT2D eigenvalue weighted by Gasteiger charge is -2.23. The van der Waals surface area contributed by atoms with E-state index >= 15 is 0 Å². The summed E-state index contributed by atoms with van der Waals surface area (Å²) in [4.78, 5) is 68.9. The Hall–Kier alpha value is -6.27. The first kappa shape index (κ1) is 37.0. The summed E-state index contributed by atoms with van der Waals surface area (Å²) >= 11 is 0. The van der Waals surface area contributed by atoms with Crippen LogP contribution in [0.1, 0.15) is 22.3 Å². The van der Waals surface area contributed by atoms with Crippen molar-refractivity contribution in [2.75, 3.05) is 6.54 Å². The molecule has 0 aliphatic rings. The molecule has 5 rings (SSSR count). The smallest absolute Gasteiger partial charge is 0.326 e. The number of aromatic nitrogens is 1. The minimum atomic E-state index is -1.24. The molecule has 4 amide bonds. The second-order valence-corrected chi connectivity index (χ2v) is 12.5. The zero-order valence-corrected chi connectivity index (χ0v) is 28.5. The van der Waals surface area contributed by atoms with Gasteiger partial charge in [0.15, 0.2) is 0 Å². The third-order valence-electron chi connectivity index (χ3n) is 8.62. The minimum absolute atomic E-state index is 0.0442. The van der Waals surface area contributed by atoms with Crippen molar-refractivity contribution in [2.24, 2.45) is 5.73 Å². The third-order valence-corrected chi connectivity index (χ3v) is 8.62. The fourth-order valence-electron chi connectivity index (χ4n) is 5.89. The molecule has 1 aromatic heterocycles. The number of aromatic amines is 1. The zero-order chi connectivity index (χ0) is 36.9. The number of fused-ring (bicyclic) bond motifs is 1. The van der Waals surface area contributed by atoms with Crippen LogP contribution in [0.3, 0.4) is 0 Å². The van der Waals surface area contributed by atoms with E-state index in [1.807, 2.05) is 60.7 Å². The van der Waals surface area contributed by atoms with Gasteiger partial charge in [0.1, 0.15) is 18.1 Å². The van der Waals surface area contributed by atoms with Gasteiger partial charge in [-0.05, 0) is 34.7 Å². The minimum Gasteiger partial charge on any atom is -0.480 e. The number of hydrogen-bond donors (Lipinski definition) is 7. The molecule has 12 heteroatoms. The van der Waals surface area contributed by atoms with Gasteiger partial charge in [-0.25, -0.2) is 4.79 Å². The SMILES string of the molecule is NC(Cc1ccccc1)C(=O)NC(Cc1c[nH]c2ccccc12)C(=O)NCC(=O)NC(Cc1ccccc1)C(=O)NC(Cc1ccccc1)C(=O)O. The maximum absolute atomic E-state index is 13.6. The highest BCUT2D eigenvalue weighted by molar-refractivity contribution is 5.95. The first-order valence-corrected chi connectivity index (χ1v) is 17.0. The average Bonchev–Trinajstić information content (AvgIpc) is 3.56. The summed E-state index contributed by atoms with van der Waals surface area (Å²) in [6, 6.07) is 30.3. The van der Waals surface area contributed by atoms with Crippen LogP contribution in [-0.2, 0) is 49.7 Å². The van der Waals surface area contributed by atoms with E-state index < -0.39 is 60.3 Å². The van der Waals surface area contributed by atoms with E-state index in [1.165, 1.54) is 0 Å². The maximum atomic E-state index is 13.6. The van der Waals surface area contributed by atoms with Gasteiger partial charge >= 0.3 is 5.97 Å². The van der Waals surface area contributed by atoms with E-state index in [4.69, 9.17) is 5.73 Å². The molecule has 0 saturated carbocycles. The van der Waals surface area contributed by atoms with Crippen molar-refractivity contribution in [2.45, 2.75) is 49.9 Å². The average molecular weight is 703 g/mol. The van der Waals surface area contributed by atoms with Crippen LogP contribution in [0.4, 0.5) is 0 Å². The van der Waals surface area contributed by atoms with Crippen LogP contribution in [-0.4, -0.2) is 70.4 Å². The number of carbonyl (C=O) groups is 5. The molecular weight excluding hydrogens is 660 g/mol. The van der Waals surface area contributed by atoms with Crippen LogP contribution in [0.25, 0.3) is 10.9 Å². The van der Waals surface area contributed by atoms with Gasteiger partial charge in [0, 0.05) is 36.4 Å². The number of nitrogens with two attached hydrogens (primary N) is 1. The molecule has 0 bridgehead atoms. The van der Waals surface area contributed by atoms with E-state index in [9.17, 15) is 29.1 Å². The molecule has 0 spiro atoms. The number of benzene rings is 4.